The minimum atomic E-state index is -4.58. The van der Waals surface area contributed by atoms with Gasteiger partial charge in [0.1, 0.15) is 6.54 Å². The van der Waals surface area contributed by atoms with Crippen molar-refractivity contribution in [1.82, 2.24) is 4.31 Å². The van der Waals surface area contributed by atoms with E-state index in [1.807, 2.05) is 0 Å². The van der Waals surface area contributed by atoms with E-state index >= 15 is 0 Å². The maximum Gasteiger partial charge on any atom is 0.402 e. The zero-order valence-electron chi connectivity index (χ0n) is 10.3. The van der Waals surface area contributed by atoms with Crippen molar-refractivity contribution in [2.45, 2.75) is 31.0 Å². The van der Waals surface area contributed by atoms with Crippen LogP contribution in [-0.4, -0.2) is 31.5 Å². The molecule has 0 aromatic heterocycles. The predicted molar refractivity (Wildman–Crippen MR) is 69.2 cm³/mol. The van der Waals surface area contributed by atoms with Crippen LogP contribution in [0.1, 0.15) is 13.8 Å². The smallest absolute Gasteiger partial charge is 0.207 e. The topological polar surface area (TPSA) is 37.4 Å². The summed E-state index contributed by atoms with van der Waals surface area (Å²) in [5, 5.41) is 0. The Balaban J connectivity index is 3.21. The maximum absolute atomic E-state index is 12.5. The van der Waals surface area contributed by atoms with E-state index in [0.717, 1.165) is 0 Å². The van der Waals surface area contributed by atoms with E-state index in [0.29, 0.717) is 8.78 Å². The second-order valence-electron chi connectivity index (χ2n) is 4.22. The molecule has 0 amide bonds. The van der Waals surface area contributed by atoms with Crippen molar-refractivity contribution < 1.29 is 21.6 Å². The molecule has 0 N–H and O–H groups in total. The van der Waals surface area contributed by atoms with E-state index in [1.165, 1.54) is 32.0 Å². The molecular weight excluding hydrogens is 347 g/mol. The summed E-state index contributed by atoms with van der Waals surface area (Å²) >= 11 is 3.10. The van der Waals surface area contributed by atoms with Crippen LogP contribution in [0.2, 0.25) is 0 Å². The van der Waals surface area contributed by atoms with Crippen LogP contribution in [0.15, 0.2) is 33.6 Å². The number of halogens is 4. The molecule has 0 saturated heterocycles. The van der Waals surface area contributed by atoms with Crippen LogP contribution in [0.25, 0.3) is 0 Å². The van der Waals surface area contributed by atoms with Gasteiger partial charge >= 0.3 is 6.18 Å². The molecule has 1 aromatic carbocycles. The standard InChI is InChI=1S/C11H13BrF3NO2S/c1-8(2)16(7-11(13,14)15)19(17,18)10-5-3-4-9(12)6-10/h3-6,8H,7H2,1-2H3. The van der Waals surface area contributed by atoms with E-state index in [9.17, 15) is 21.6 Å². The first-order chi connectivity index (χ1) is 8.54. The molecule has 0 heterocycles. The van der Waals surface area contributed by atoms with Crippen LogP contribution in [0.5, 0.6) is 0 Å². The van der Waals surface area contributed by atoms with Gasteiger partial charge in [-0.1, -0.05) is 22.0 Å². The number of nitrogens with zero attached hydrogens (tertiary/aromatic N) is 1. The molecule has 3 nitrogen and oxygen atoms in total. The van der Waals surface area contributed by atoms with E-state index in [-0.39, 0.29) is 4.90 Å². The molecule has 0 aliphatic carbocycles. The molecule has 108 valence electrons. The highest BCUT2D eigenvalue weighted by molar-refractivity contribution is 9.10. The summed E-state index contributed by atoms with van der Waals surface area (Å²) in [4.78, 5) is -0.167. The third-order valence-electron chi connectivity index (χ3n) is 2.31. The second kappa shape index (κ2) is 5.80. The Morgan fingerprint density at radius 1 is 1.32 bits per heavy atom. The maximum atomic E-state index is 12.5. The lowest BCUT2D eigenvalue weighted by Crippen LogP contribution is -2.43. The lowest BCUT2D eigenvalue weighted by molar-refractivity contribution is -0.138. The molecule has 19 heavy (non-hydrogen) atoms. The Morgan fingerprint density at radius 3 is 2.32 bits per heavy atom. The van der Waals surface area contributed by atoms with Gasteiger partial charge < -0.3 is 0 Å². The normalized spacial score (nSPS) is 13.3. The highest BCUT2D eigenvalue weighted by atomic mass is 79.9. The molecule has 1 rings (SSSR count). The molecule has 1 aromatic rings. The average molecular weight is 360 g/mol. The third-order valence-corrected chi connectivity index (χ3v) is 4.82. The first-order valence-corrected chi connectivity index (χ1v) is 7.61. The summed E-state index contributed by atoms with van der Waals surface area (Å²) in [5.74, 6) is 0. The Hall–Kier alpha value is -0.600. The van der Waals surface area contributed by atoms with Crippen LogP contribution in [0, 0.1) is 0 Å². The molecule has 0 bridgehead atoms. The van der Waals surface area contributed by atoms with Gasteiger partial charge in [-0.3, -0.25) is 0 Å². The van der Waals surface area contributed by atoms with Gasteiger partial charge in [0.15, 0.2) is 0 Å². The highest BCUT2D eigenvalue weighted by Gasteiger charge is 2.38. The first-order valence-electron chi connectivity index (χ1n) is 5.38. The molecule has 0 aliphatic heterocycles. The fourth-order valence-corrected chi connectivity index (χ4v) is 3.70. The summed E-state index contributed by atoms with van der Waals surface area (Å²) in [6.07, 6.45) is -4.58. The predicted octanol–water partition coefficient (Wildman–Crippen LogP) is 3.41. The van der Waals surface area contributed by atoms with Crippen molar-refractivity contribution in [3.8, 4) is 0 Å². The van der Waals surface area contributed by atoms with Gasteiger partial charge in [0.25, 0.3) is 0 Å². The number of hydrogen-bond donors (Lipinski definition) is 0. The van der Waals surface area contributed by atoms with Crippen molar-refractivity contribution in [2.75, 3.05) is 6.54 Å². The van der Waals surface area contributed by atoms with Crippen molar-refractivity contribution in [3.63, 3.8) is 0 Å². The molecule has 0 aliphatic rings. The average Bonchev–Trinajstić information content (AvgIpc) is 2.24. The molecule has 8 heteroatoms. The van der Waals surface area contributed by atoms with E-state index in [1.54, 1.807) is 6.07 Å². The Labute approximate surface area is 118 Å². The second-order valence-corrected chi connectivity index (χ2v) is 7.02. The molecule has 0 atom stereocenters. The SMILES string of the molecule is CC(C)N(CC(F)(F)F)S(=O)(=O)c1cccc(Br)c1. The third kappa shape index (κ3) is 4.47. The summed E-state index contributed by atoms with van der Waals surface area (Å²) in [7, 11) is -4.17. The van der Waals surface area contributed by atoms with Gasteiger partial charge in [-0.15, -0.1) is 0 Å². The van der Waals surface area contributed by atoms with Gasteiger partial charge in [0.05, 0.1) is 4.90 Å². The van der Waals surface area contributed by atoms with Gasteiger partial charge in [-0.2, -0.15) is 17.5 Å². The van der Waals surface area contributed by atoms with Gasteiger partial charge in [0.2, 0.25) is 10.0 Å². The molecule has 0 fully saturated rings. The summed E-state index contributed by atoms with van der Waals surface area (Å²) in [6, 6.07) is 4.82. The van der Waals surface area contributed by atoms with Crippen molar-refractivity contribution in [1.29, 1.82) is 0 Å². The van der Waals surface area contributed by atoms with E-state index in [2.05, 4.69) is 15.9 Å². The van der Waals surface area contributed by atoms with Crippen LogP contribution >= 0.6 is 15.9 Å². The highest BCUT2D eigenvalue weighted by Crippen LogP contribution is 2.26. The molecule has 0 saturated carbocycles. The Kier molecular flexibility index (Phi) is 5.02. The van der Waals surface area contributed by atoms with Gasteiger partial charge in [-0.05, 0) is 32.0 Å². The summed E-state index contributed by atoms with van der Waals surface area (Å²) in [6.45, 7) is 1.31. The minimum Gasteiger partial charge on any atom is -0.207 e. The van der Waals surface area contributed by atoms with Crippen molar-refractivity contribution in [3.05, 3.63) is 28.7 Å². The molecule has 0 spiro atoms. The van der Waals surface area contributed by atoms with Crippen molar-refractivity contribution in [2.24, 2.45) is 0 Å². The van der Waals surface area contributed by atoms with Crippen LogP contribution in [0.4, 0.5) is 13.2 Å². The number of alkyl halides is 3. The molecule has 0 unspecified atom stereocenters. The van der Waals surface area contributed by atoms with Crippen molar-refractivity contribution >= 4 is 26.0 Å². The molecule has 0 radical (unpaired) electrons. The zero-order valence-corrected chi connectivity index (χ0v) is 12.7. The quantitative estimate of drug-likeness (QED) is 0.825. The minimum absolute atomic E-state index is 0.167. The lowest BCUT2D eigenvalue weighted by Gasteiger charge is -2.26. The van der Waals surface area contributed by atoms with E-state index < -0.39 is 28.8 Å². The largest absolute Gasteiger partial charge is 0.402 e. The zero-order chi connectivity index (χ0) is 14.8. The summed E-state index contributed by atoms with van der Waals surface area (Å²) in [5.41, 5.74) is 0. The number of benzene rings is 1. The Bertz CT molecular complexity index is 543. The van der Waals surface area contributed by atoms with Crippen LogP contribution < -0.4 is 0 Å². The number of sulfonamides is 1. The molecular formula is C11H13BrF3NO2S. The Morgan fingerprint density at radius 2 is 1.89 bits per heavy atom. The van der Waals surface area contributed by atoms with Gasteiger partial charge in [-0.25, -0.2) is 8.42 Å². The summed E-state index contributed by atoms with van der Waals surface area (Å²) < 4.78 is 62.8. The number of rotatable bonds is 4. The fraction of sp³-hybridized carbons (Fsp3) is 0.455. The fourth-order valence-electron chi connectivity index (χ4n) is 1.48. The van der Waals surface area contributed by atoms with Crippen LogP contribution in [0.3, 0.4) is 0 Å². The monoisotopic (exact) mass is 359 g/mol. The lowest BCUT2D eigenvalue weighted by atomic mass is 10.4. The number of hydrogen-bond acceptors (Lipinski definition) is 2. The van der Waals surface area contributed by atoms with Gasteiger partial charge in [0, 0.05) is 10.5 Å². The van der Waals surface area contributed by atoms with Crippen LogP contribution in [-0.2, 0) is 10.0 Å². The first kappa shape index (κ1) is 16.5. The van der Waals surface area contributed by atoms with E-state index in [4.69, 9.17) is 0 Å².